The van der Waals surface area contributed by atoms with E-state index in [0.717, 1.165) is 5.56 Å². The number of anilines is 1. The van der Waals surface area contributed by atoms with E-state index < -0.39 is 6.10 Å². The van der Waals surface area contributed by atoms with Gasteiger partial charge in [0.15, 0.2) is 0 Å². The van der Waals surface area contributed by atoms with Gasteiger partial charge < -0.3 is 15.2 Å². The van der Waals surface area contributed by atoms with Crippen molar-refractivity contribution in [2.75, 3.05) is 26.0 Å². The van der Waals surface area contributed by atoms with E-state index in [1.165, 1.54) is 0 Å². The number of methoxy groups -OCH3 is 1. The molecule has 7 heteroatoms. The third-order valence-corrected chi connectivity index (χ3v) is 3.88. The van der Waals surface area contributed by atoms with Gasteiger partial charge >= 0.3 is 6.09 Å². The molecule has 1 amide bonds. The van der Waals surface area contributed by atoms with Crippen LogP contribution in [0.5, 0.6) is 0 Å². The first kappa shape index (κ1) is 15.2. The van der Waals surface area contributed by atoms with E-state index in [1.54, 1.807) is 24.1 Å². The molecule has 2 unspecified atom stereocenters. The van der Waals surface area contributed by atoms with Gasteiger partial charge in [0.25, 0.3) is 0 Å². The third-order valence-electron chi connectivity index (χ3n) is 3.25. The van der Waals surface area contributed by atoms with Crippen molar-refractivity contribution in [3.63, 3.8) is 0 Å². The fourth-order valence-electron chi connectivity index (χ4n) is 2.13. The molecule has 0 radical (unpaired) electrons. The normalized spacial score (nSPS) is 20.1. The van der Waals surface area contributed by atoms with Crippen molar-refractivity contribution in [1.82, 2.24) is 4.90 Å². The van der Waals surface area contributed by atoms with Crippen LogP contribution in [0.4, 0.5) is 10.5 Å². The summed E-state index contributed by atoms with van der Waals surface area (Å²) in [5, 5.41) is 0.707. The number of amides is 1. The lowest BCUT2D eigenvalue weighted by Gasteiger charge is -2.20. The van der Waals surface area contributed by atoms with Gasteiger partial charge in [-0.25, -0.2) is 4.79 Å². The van der Waals surface area contributed by atoms with Gasteiger partial charge in [-0.15, -0.1) is 0 Å². The number of benzene rings is 1. The minimum Gasteiger partial charge on any atom is -0.439 e. The molecule has 2 N–H and O–H groups in total. The second kappa shape index (κ2) is 6.08. The van der Waals surface area contributed by atoms with Gasteiger partial charge in [-0.3, -0.25) is 4.90 Å². The monoisotopic (exact) mass is 318 g/mol. The molecule has 110 valence electrons. The lowest BCUT2D eigenvalue weighted by molar-refractivity contribution is 0.107. The Bertz CT molecular complexity index is 501. The summed E-state index contributed by atoms with van der Waals surface area (Å²) in [6.07, 6.45) is -0.777. The van der Waals surface area contributed by atoms with Crippen LogP contribution in [-0.2, 0) is 9.47 Å². The van der Waals surface area contributed by atoms with Gasteiger partial charge in [0, 0.05) is 7.11 Å². The summed E-state index contributed by atoms with van der Waals surface area (Å²) in [4.78, 5) is 13.5. The smallest absolute Gasteiger partial charge is 0.410 e. The molecule has 5 nitrogen and oxygen atoms in total. The van der Waals surface area contributed by atoms with Crippen LogP contribution in [0.15, 0.2) is 12.1 Å². The maximum absolute atomic E-state index is 11.9. The standard InChI is InChI=1S/C13H16Cl2N2O3/c1-7(6-19-2)17-5-11(20-13(17)18)8-3-9(14)12(16)10(15)4-8/h3-4,7,11H,5-6,16H2,1-2H3. The highest BCUT2D eigenvalue weighted by atomic mass is 35.5. The SMILES string of the molecule is COCC(C)N1CC(c2cc(Cl)c(N)c(Cl)c2)OC1=O. The largest absolute Gasteiger partial charge is 0.439 e. The molecule has 1 fully saturated rings. The van der Waals surface area contributed by atoms with Crippen LogP contribution in [0.25, 0.3) is 0 Å². The van der Waals surface area contributed by atoms with Crippen molar-refractivity contribution in [3.05, 3.63) is 27.7 Å². The van der Waals surface area contributed by atoms with E-state index in [0.29, 0.717) is 28.9 Å². The van der Waals surface area contributed by atoms with Crippen LogP contribution < -0.4 is 5.73 Å². The summed E-state index contributed by atoms with van der Waals surface area (Å²) in [6.45, 7) is 2.78. The number of nitrogens with zero attached hydrogens (tertiary/aromatic N) is 1. The second-order valence-electron chi connectivity index (χ2n) is 4.73. The Kier molecular flexibility index (Phi) is 4.62. The molecule has 0 aromatic heterocycles. The Hall–Kier alpha value is -1.17. The topological polar surface area (TPSA) is 64.8 Å². The van der Waals surface area contributed by atoms with Crippen molar-refractivity contribution >= 4 is 35.0 Å². The first-order valence-corrected chi connectivity index (χ1v) is 6.90. The molecule has 20 heavy (non-hydrogen) atoms. The Balaban J connectivity index is 2.18. The summed E-state index contributed by atoms with van der Waals surface area (Å²) < 4.78 is 10.4. The number of carbonyl (C=O) groups is 1. The number of ether oxygens (including phenoxy) is 2. The van der Waals surface area contributed by atoms with Crippen LogP contribution >= 0.6 is 23.2 Å². The quantitative estimate of drug-likeness (QED) is 0.866. The molecule has 1 saturated heterocycles. The zero-order chi connectivity index (χ0) is 14.9. The highest BCUT2D eigenvalue weighted by Gasteiger charge is 2.35. The summed E-state index contributed by atoms with van der Waals surface area (Å²) in [5.41, 5.74) is 6.75. The van der Waals surface area contributed by atoms with Crippen molar-refractivity contribution in [3.8, 4) is 0 Å². The van der Waals surface area contributed by atoms with Gasteiger partial charge in [-0.05, 0) is 24.6 Å². The number of hydrogen-bond donors (Lipinski definition) is 1. The molecule has 2 rings (SSSR count). The van der Waals surface area contributed by atoms with Gasteiger partial charge in [-0.2, -0.15) is 0 Å². The Morgan fingerprint density at radius 2 is 2.10 bits per heavy atom. The van der Waals surface area contributed by atoms with Gasteiger partial charge in [0.05, 0.1) is 34.9 Å². The molecular formula is C13H16Cl2N2O3. The van der Waals surface area contributed by atoms with Gasteiger partial charge in [0.2, 0.25) is 0 Å². The molecule has 0 aliphatic carbocycles. The summed E-state index contributed by atoms with van der Waals surface area (Å²) in [7, 11) is 1.59. The molecule has 0 bridgehead atoms. The Labute approximate surface area is 127 Å². The average molecular weight is 319 g/mol. The Morgan fingerprint density at radius 1 is 1.50 bits per heavy atom. The maximum Gasteiger partial charge on any atom is 0.410 e. The van der Waals surface area contributed by atoms with Crippen LogP contribution in [0.3, 0.4) is 0 Å². The van der Waals surface area contributed by atoms with Crippen molar-refractivity contribution in [2.45, 2.75) is 19.1 Å². The number of hydrogen-bond acceptors (Lipinski definition) is 4. The molecule has 0 spiro atoms. The molecule has 0 saturated carbocycles. The molecule has 2 atom stereocenters. The molecule has 1 aliphatic rings. The molecule has 1 aromatic rings. The predicted molar refractivity (Wildman–Crippen MR) is 78.1 cm³/mol. The Morgan fingerprint density at radius 3 is 2.65 bits per heavy atom. The lowest BCUT2D eigenvalue weighted by atomic mass is 10.1. The zero-order valence-corrected chi connectivity index (χ0v) is 12.7. The van der Waals surface area contributed by atoms with E-state index in [9.17, 15) is 4.79 Å². The number of halogens is 2. The minimum absolute atomic E-state index is 0.0581. The van der Waals surface area contributed by atoms with Crippen LogP contribution in [0.1, 0.15) is 18.6 Å². The average Bonchev–Trinajstić information content (AvgIpc) is 2.78. The van der Waals surface area contributed by atoms with E-state index in [4.69, 9.17) is 38.4 Å². The van der Waals surface area contributed by atoms with E-state index in [-0.39, 0.29) is 12.1 Å². The number of carbonyl (C=O) groups excluding carboxylic acids is 1. The zero-order valence-electron chi connectivity index (χ0n) is 11.2. The van der Waals surface area contributed by atoms with Crippen molar-refractivity contribution in [1.29, 1.82) is 0 Å². The fraction of sp³-hybridized carbons (Fsp3) is 0.462. The van der Waals surface area contributed by atoms with E-state index >= 15 is 0 Å². The van der Waals surface area contributed by atoms with Crippen molar-refractivity contribution in [2.24, 2.45) is 0 Å². The number of rotatable bonds is 4. The fourth-order valence-corrected chi connectivity index (χ4v) is 2.64. The molecule has 1 aliphatic heterocycles. The van der Waals surface area contributed by atoms with E-state index in [1.807, 2.05) is 6.92 Å². The third kappa shape index (κ3) is 2.95. The minimum atomic E-state index is -0.405. The first-order chi connectivity index (χ1) is 9.43. The molecule has 1 aromatic carbocycles. The van der Waals surface area contributed by atoms with Gasteiger partial charge in [-0.1, -0.05) is 23.2 Å². The predicted octanol–water partition coefficient (Wildman–Crippen LogP) is 3.10. The number of nitrogen functional groups attached to an aromatic ring is 1. The summed E-state index contributed by atoms with van der Waals surface area (Å²) in [5.74, 6) is 0. The maximum atomic E-state index is 11.9. The van der Waals surface area contributed by atoms with Crippen LogP contribution in [-0.4, -0.2) is 37.3 Å². The first-order valence-electron chi connectivity index (χ1n) is 6.14. The lowest BCUT2D eigenvalue weighted by Crippen LogP contribution is -2.36. The number of cyclic esters (lactones) is 1. The van der Waals surface area contributed by atoms with E-state index in [2.05, 4.69) is 0 Å². The second-order valence-corrected chi connectivity index (χ2v) is 5.54. The highest BCUT2D eigenvalue weighted by Crippen LogP contribution is 2.35. The van der Waals surface area contributed by atoms with Gasteiger partial charge in [0.1, 0.15) is 6.10 Å². The summed E-state index contributed by atoms with van der Waals surface area (Å²) >= 11 is 12.0. The summed E-state index contributed by atoms with van der Waals surface area (Å²) in [6, 6.07) is 3.29. The van der Waals surface area contributed by atoms with Crippen molar-refractivity contribution < 1.29 is 14.3 Å². The molecular weight excluding hydrogens is 303 g/mol. The number of nitrogens with two attached hydrogens (primary N) is 1. The highest BCUT2D eigenvalue weighted by molar-refractivity contribution is 6.38. The molecule has 1 heterocycles. The van der Waals surface area contributed by atoms with Crippen LogP contribution in [0.2, 0.25) is 10.0 Å². The van der Waals surface area contributed by atoms with Crippen LogP contribution in [0, 0.1) is 0 Å².